The molecule has 1 radical (unpaired) electrons. The number of hydrogen-bond donors (Lipinski definition) is 0. The van der Waals surface area contributed by atoms with E-state index in [2.05, 4.69) is 15.9 Å². The molecule has 0 saturated carbocycles. The van der Waals surface area contributed by atoms with Crippen LogP contribution in [-0.2, 0) is 23.4 Å². The van der Waals surface area contributed by atoms with Crippen LogP contribution in [0.1, 0.15) is 5.56 Å². The molecule has 0 saturated heterocycles. The van der Waals surface area contributed by atoms with Crippen molar-refractivity contribution < 1.29 is 27.7 Å². The summed E-state index contributed by atoms with van der Waals surface area (Å²) in [5.74, 6) is -0.558. The van der Waals surface area contributed by atoms with Gasteiger partial charge in [-0.05, 0) is 4.47 Å². The summed E-state index contributed by atoms with van der Waals surface area (Å²) in [4.78, 5) is 9.99. The minimum Gasteiger partial charge on any atom is -0.376 e. The first-order valence-corrected chi connectivity index (χ1v) is 3.37. The molecule has 1 aromatic rings. The quantitative estimate of drug-likeness (QED) is 0.700. The van der Waals surface area contributed by atoms with Gasteiger partial charge in [-0.3, -0.25) is 4.39 Å². The van der Waals surface area contributed by atoms with Crippen LogP contribution in [0.4, 0.5) is 4.39 Å². The second-order valence-corrected chi connectivity index (χ2v) is 2.56. The Morgan fingerprint density at radius 2 is 2.09 bits per heavy atom. The summed E-state index contributed by atoms with van der Waals surface area (Å²) < 4.78 is 13.0. The largest absolute Gasteiger partial charge is 0.376 e. The van der Waals surface area contributed by atoms with Crippen LogP contribution < -0.4 is 0 Å². The molecule has 4 heteroatoms. The Labute approximate surface area is 84.0 Å². The van der Waals surface area contributed by atoms with Crippen molar-refractivity contribution in [2.24, 2.45) is 0 Å². The molecule has 0 fully saturated rings. The Hall–Kier alpha value is -0.116. The smallest absolute Gasteiger partial charge is 0.0655 e. The first kappa shape index (κ1) is 10.9. The van der Waals surface area contributed by atoms with Gasteiger partial charge in [0, 0.05) is 24.4 Å². The normalized spacial score (nSPS) is 8.55. The maximum absolute atomic E-state index is 12.7. The van der Waals surface area contributed by atoms with Crippen LogP contribution in [0.25, 0.3) is 0 Å². The molecule has 1 aromatic carbocycles. The maximum Gasteiger partial charge on any atom is 0.0655 e. The van der Waals surface area contributed by atoms with Crippen molar-refractivity contribution in [2.75, 3.05) is 0 Å². The predicted octanol–water partition coefficient (Wildman–Crippen LogP) is 2.04. The van der Waals surface area contributed by atoms with Gasteiger partial charge in [0.15, 0.2) is 0 Å². The van der Waals surface area contributed by atoms with Gasteiger partial charge in [-0.15, -0.1) is 11.6 Å². The summed E-state index contributed by atoms with van der Waals surface area (Å²) in [6.07, 6.45) is 1.48. The van der Waals surface area contributed by atoms with Gasteiger partial charge in [0.1, 0.15) is 0 Å². The molecule has 1 rings (SSSR count). The van der Waals surface area contributed by atoms with Gasteiger partial charge in [-0.2, -0.15) is 6.07 Å². The molecule has 0 aliphatic carbocycles. The van der Waals surface area contributed by atoms with E-state index in [-0.39, 0.29) is 28.6 Å². The molecule has 0 bridgehead atoms. The maximum atomic E-state index is 12.7. The summed E-state index contributed by atoms with van der Waals surface area (Å²) in [5.41, 5.74) is -0.0469. The second kappa shape index (κ2) is 4.70. The molecule has 0 aliphatic rings. The molecule has 0 atom stereocenters. The number of rotatable bonds is 1. The van der Waals surface area contributed by atoms with Crippen molar-refractivity contribution in [3.05, 3.63) is 34.1 Å². The van der Waals surface area contributed by atoms with Gasteiger partial charge in [0.25, 0.3) is 0 Å². The first-order valence-electron chi connectivity index (χ1n) is 2.58. The van der Waals surface area contributed by atoms with E-state index in [9.17, 15) is 9.18 Å². The molecule has 0 aromatic heterocycles. The van der Waals surface area contributed by atoms with Gasteiger partial charge in [0.2, 0.25) is 0 Å². The van der Waals surface area contributed by atoms with Crippen molar-refractivity contribution in [1.82, 2.24) is 0 Å². The number of halogens is 2. The summed E-state index contributed by atoms with van der Waals surface area (Å²) in [5, 5.41) is 0. The van der Waals surface area contributed by atoms with Crippen LogP contribution in [0.5, 0.6) is 0 Å². The fraction of sp³-hybridized carbons (Fsp3) is 0. The van der Waals surface area contributed by atoms with E-state index in [0.717, 1.165) is 0 Å². The SMILES string of the molecule is O=[C-]c1cccc(Br)c1F.[V]. The van der Waals surface area contributed by atoms with E-state index in [1.54, 1.807) is 6.07 Å². The van der Waals surface area contributed by atoms with E-state index >= 15 is 0 Å². The van der Waals surface area contributed by atoms with Gasteiger partial charge in [-0.1, -0.05) is 22.0 Å². The van der Waals surface area contributed by atoms with Crippen LogP contribution in [0.15, 0.2) is 22.7 Å². The molecule has 0 amide bonds. The fourth-order valence-electron chi connectivity index (χ4n) is 0.583. The summed E-state index contributed by atoms with van der Waals surface area (Å²) in [6, 6.07) is 4.47. The molecule has 57 valence electrons. The van der Waals surface area contributed by atoms with Crippen molar-refractivity contribution in [2.45, 2.75) is 0 Å². The molecule has 1 nitrogen and oxygen atoms in total. The molecular weight excluding hydrogens is 250 g/mol. The Morgan fingerprint density at radius 1 is 1.45 bits per heavy atom. The Balaban J connectivity index is 0.000001000. The monoisotopic (exact) mass is 252 g/mol. The van der Waals surface area contributed by atoms with Crippen molar-refractivity contribution in [3.8, 4) is 0 Å². The van der Waals surface area contributed by atoms with Gasteiger partial charge in [-0.25, -0.2) is 0 Å². The third kappa shape index (κ3) is 2.44. The first-order chi connectivity index (χ1) is 4.75. The van der Waals surface area contributed by atoms with Crippen molar-refractivity contribution >= 4 is 22.2 Å². The number of benzene rings is 1. The van der Waals surface area contributed by atoms with Crippen molar-refractivity contribution in [1.29, 1.82) is 0 Å². The van der Waals surface area contributed by atoms with Crippen LogP contribution in [-0.4, -0.2) is 6.29 Å². The Bertz CT molecular complexity index is 265. The fourth-order valence-corrected chi connectivity index (χ4v) is 0.949. The van der Waals surface area contributed by atoms with E-state index < -0.39 is 5.82 Å². The topological polar surface area (TPSA) is 17.1 Å². The second-order valence-electron chi connectivity index (χ2n) is 1.70. The summed E-state index contributed by atoms with van der Waals surface area (Å²) in [6.45, 7) is 0. The molecule has 0 heterocycles. The summed E-state index contributed by atoms with van der Waals surface area (Å²) >= 11 is 2.93. The molecule has 0 spiro atoms. The average molecular weight is 253 g/mol. The standard InChI is InChI=1S/C7H3BrFO.V/c8-6-3-1-2-5(4-10)7(6)9;/h1-3H;/q-1;. The summed E-state index contributed by atoms with van der Waals surface area (Å²) in [7, 11) is 0. The van der Waals surface area contributed by atoms with E-state index in [0.29, 0.717) is 0 Å². The van der Waals surface area contributed by atoms with Gasteiger partial charge < -0.3 is 4.79 Å². The number of hydrogen-bond acceptors (Lipinski definition) is 1. The zero-order chi connectivity index (χ0) is 7.56. The molecule has 11 heavy (non-hydrogen) atoms. The van der Waals surface area contributed by atoms with Gasteiger partial charge in [0.05, 0.1) is 6.29 Å². The third-order valence-corrected chi connectivity index (χ3v) is 1.67. The zero-order valence-corrected chi connectivity index (χ0v) is 8.33. The number of carbonyl (C=O) groups excluding carboxylic acids is 1. The minimum atomic E-state index is -0.558. The molecule has 0 aliphatic heterocycles. The predicted molar refractivity (Wildman–Crippen MR) is 38.9 cm³/mol. The molecule has 0 N–H and O–H groups in total. The van der Waals surface area contributed by atoms with E-state index in [1.807, 2.05) is 0 Å². The van der Waals surface area contributed by atoms with Crippen LogP contribution in [0.2, 0.25) is 0 Å². The Kier molecular flexibility index (Phi) is 4.65. The third-order valence-electron chi connectivity index (χ3n) is 1.06. The van der Waals surface area contributed by atoms with Crippen LogP contribution in [0, 0.1) is 5.82 Å². The average Bonchev–Trinajstić information content (AvgIpc) is 1.95. The van der Waals surface area contributed by atoms with E-state index in [1.165, 1.54) is 18.4 Å². The minimum absolute atomic E-state index is 0. The van der Waals surface area contributed by atoms with Gasteiger partial charge >= 0.3 is 0 Å². The zero-order valence-electron chi connectivity index (χ0n) is 5.34. The van der Waals surface area contributed by atoms with Crippen LogP contribution >= 0.6 is 15.9 Å². The van der Waals surface area contributed by atoms with Crippen LogP contribution in [0.3, 0.4) is 0 Å². The van der Waals surface area contributed by atoms with E-state index in [4.69, 9.17) is 0 Å². The van der Waals surface area contributed by atoms with Crippen molar-refractivity contribution in [3.63, 3.8) is 0 Å². The molecular formula is C7H3BrFOV-. The molecule has 0 unspecified atom stereocenters. The Morgan fingerprint density at radius 3 is 2.55 bits per heavy atom.